The Kier molecular flexibility index (Phi) is 7.86. The van der Waals surface area contributed by atoms with Crippen LogP contribution in [0.3, 0.4) is 0 Å². The third-order valence-corrected chi connectivity index (χ3v) is 13.0. The van der Waals surface area contributed by atoms with E-state index in [2.05, 4.69) is 180 Å². The lowest BCUT2D eigenvalue weighted by Gasteiger charge is -2.25. The third-order valence-electron chi connectivity index (χ3n) is 13.0. The van der Waals surface area contributed by atoms with Crippen molar-refractivity contribution in [1.29, 1.82) is 0 Å². The molecule has 0 spiro atoms. The molecule has 62 heavy (non-hydrogen) atoms. The van der Waals surface area contributed by atoms with Crippen LogP contribution in [0.2, 0.25) is 0 Å². The van der Waals surface area contributed by atoms with Gasteiger partial charge in [-0.1, -0.05) is 159 Å². The molecule has 0 N–H and O–H groups in total. The summed E-state index contributed by atoms with van der Waals surface area (Å²) in [6.45, 7) is 13.5. The summed E-state index contributed by atoms with van der Waals surface area (Å²) in [5.41, 5.74) is 14.8. The van der Waals surface area contributed by atoms with Gasteiger partial charge in [0.25, 0.3) is 0 Å². The van der Waals surface area contributed by atoms with Crippen molar-refractivity contribution >= 4 is 93.4 Å². The molecule has 3 heteroatoms. The van der Waals surface area contributed by atoms with Crippen molar-refractivity contribution in [3.05, 3.63) is 187 Å². The molecule has 0 atom stereocenters. The molecule has 0 unspecified atom stereocenters. The second kappa shape index (κ2) is 13.4. The standard InChI is InChI=1S/C59H42O3/c1-6-36-49(46-23-14-20-43-39-17-8-11-26-53(39)61-57(43)46)32-50(47-24-15-21-44-40-18-9-12-27-54(40)62-58(44)47)41-29-28-37-48(30-35(31-51(37)55(36)41)59(4,5)33-34(2)3)45-22-13-19-42-38-16-7-10-25-52(38)60-56(42)45/h6-33H,1H2,2-5H3. The maximum atomic E-state index is 6.77. The second-order valence-electron chi connectivity index (χ2n) is 17.5. The van der Waals surface area contributed by atoms with Crippen molar-refractivity contribution in [2.75, 3.05) is 0 Å². The minimum Gasteiger partial charge on any atom is -0.455 e. The fourth-order valence-corrected chi connectivity index (χ4v) is 10.3. The van der Waals surface area contributed by atoms with Crippen LogP contribution in [0.4, 0.5) is 0 Å². The first kappa shape index (κ1) is 36.2. The smallest absolute Gasteiger partial charge is 0.143 e. The summed E-state index contributed by atoms with van der Waals surface area (Å²) >= 11 is 0. The first-order valence-corrected chi connectivity index (χ1v) is 21.4. The molecule has 3 nitrogen and oxygen atoms in total. The van der Waals surface area contributed by atoms with Crippen molar-refractivity contribution < 1.29 is 13.3 Å². The first-order valence-electron chi connectivity index (χ1n) is 21.4. The van der Waals surface area contributed by atoms with Gasteiger partial charge in [0.15, 0.2) is 0 Å². The van der Waals surface area contributed by atoms with Gasteiger partial charge in [-0.3, -0.25) is 0 Å². The molecule has 0 saturated carbocycles. The van der Waals surface area contributed by atoms with E-state index in [0.29, 0.717) is 0 Å². The highest BCUT2D eigenvalue weighted by Gasteiger charge is 2.26. The highest BCUT2D eigenvalue weighted by molar-refractivity contribution is 6.24. The Morgan fingerprint density at radius 3 is 1.34 bits per heavy atom. The van der Waals surface area contributed by atoms with Gasteiger partial charge in [0.05, 0.1) is 0 Å². The van der Waals surface area contributed by atoms with Crippen LogP contribution < -0.4 is 0 Å². The molecule has 296 valence electrons. The summed E-state index contributed by atoms with van der Waals surface area (Å²) in [5, 5.41) is 11.1. The molecule has 3 aromatic heterocycles. The predicted molar refractivity (Wildman–Crippen MR) is 262 cm³/mol. The Bertz CT molecular complexity index is 3880. The van der Waals surface area contributed by atoms with E-state index in [9.17, 15) is 0 Å². The molecular formula is C59H42O3. The summed E-state index contributed by atoms with van der Waals surface area (Å²) in [5.74, 6) is 0. The summed E-state index contributed by atoms with van der Waals surface area (Å²) in [4.78, 5) is 0. The number of hydrogen-bond acceptors (Lipinski definition) is 3. The third kappa shape index (κ3) is 5.31. The summed E-state index contributed by atoms with van der Waals surface area (Å²) < 4.78 is 20.3. The zero-order chi connectivity index (χ0) is 41.9. The average Bonchev–Trinajstić information content (AvgIpc) is 3.99. The Morgan fingerprint density at radius 1 is 0.419 bits per heavy atom. The molecule has 12 aromatic rings. The van der Waals surface area contributed by atoms with Gasteiger partial charge in [0.2, 0.25) is 0 Å². The Hall–Kier alpha value is -7.62. The number of rotatable bonds is 6. The predicted octanol–water partition coefficient (Wildman–Crippen LogP) is 17.6. The molecule has 0 fully saturated rings. The molecule has 9 aromatic carbocycles. The number of hydrogen-bond donors (Lipinski definition) is 0. The maximum absolute atomic E-state index is 6.77. The van der Waals surface area contributed by atoms with E-state index in [4.69, 9.17) is 13.3 Å². The Morgan fingerprint density at radius 2 is 0.855 bits per heavy atom. The van der Waals surface area contributed by atoms with Gasteiger partial charge in [0, 0.05) is 54.4 Å². The maximum Gasteiger partial charge on any atom is 0.143 e. The van der Waals surface area contributed by atoms with Crippen LogP contribution in [0.5, 0.6) is 0 Å². The molecular weight excluding hydrogens is 757 g/mol. The lowest BCUT2D eigenvalue weighted by molar-refractivity contribution is 0.664. The number of benzene rings is 9. The molecule has 0 aliphatic rings. The van der Waals surface area contributed by atoms with Crippen molar-refractivity contribution in [2.45, 2.75) is 33.1 Å². The molecule has 3 heterocycles. The van der Waals surface area contributed by atoms with Gasteiger partial charge in [-0.05, 0) is 99.6 Å². The van der Waals surface area contributed by atoms with Crippen molar-refractivity contribution in [3.63, 3.8) is 0 Å². The fourth-order valence-electron chi connectivity index (χ4n) is 10.3. The molecule has 0 aliphatic heterocycles. The van der Waals surface area contributed by atoms with Crippen molar-refractivity contribution in [2.24, 2.45) is 0 Å². The van der Waals surface area contributed by atoms with Crippen LogP contribution in [-0.4, -0.2) is 0 Å². The van der Waals surface area contributed by atoms with E-state index in [1.807, 2.05) is 24.3 Å². The number of allylic oxidation sites excluding steroid dienone is 2. The quantitative estimate of drug-likeness (QED) is 0.124. The average molecular weight is 799 g/mol. The van der Waals surface area contributed by atoms with Crippen molar-refractivity contribution in [3.8, 4) is 33.4 Å². The van der Waals surface area contributed by atoms with E-state index in [1.165, 1.54) is 11.1 Å². The van der Waals surface area contributed by atoms with Crippen LogP contribution in [0.15, 0.2) is 189 Å². The van der Waals surface area contributed by atoms with Crippen molar-refractivity contribution in [1.82, 2.24) is 0 Å². The Labute approximate surface area is 358 Å². The lowest BCUT2D eigenvalue weighted by atomic mass is 9.78. The highest BCUT2D eigenvalue weighted by Crippen LogP contribution is 2.49. The van der Waals surface area contributed by atoms with Crippen LogP contribution in [0.1, 0.15) is 38.8 Å². The molecule has 0 radical (unpaired) electrons. The van der Waals surface area contributed by atoms with Crippen LogP contribution in [0.25, 0.3) is 127 Å². The van der Waals surface area contributed by atoms with Gasteiger partial charge >= 0.3 is 0 Å². The first-order chi connectivity index (χ1) is 30.3. The molecule has 12 rings (SSSR count). The largest absolute Gasteiger partial charge is 0.455 e. The van der Waals surface area contributed by atoms with E-state index in [1.54, 1.807) is 0 Å². The van der Waals surface area contributed by atoms with Gasteiger partial charge in [0.1, 0.15) is 33.5 Å². The van der Waals surface area contributed by atoms with Gasteiger partial charge in [-0.15, -0.1) is 0 Å². The Balaban J connectivity index is 1.27. The van der Waals surface area contributed by atoms with Crippen LogP contribution in [0, 0.1) is 0 Å². The normalized spacial score (nSPS) is 12.3. The zero-order valence-electron chi connectivity index (χ0n) is 35.1. The van der Waals surface area contributed by atoms with Crippen LogP contribution in [-0.2, 0) is 5.41 Å². The van der Waals surface area contributed by atoms with E-state index in [-0.39, 0.29) is 5.41 Å². The molecule has 0 bridgehead atoms. The number of para-hydroxylation sites is 6. The van der Waals surface area contributed by atoms with Crippen LogP contribution >= 0.6 is 0 Å². The lowest BCUT2D eigenvalue weighted by Crippen LogP contribution is -2.14. The fraction of sp³-hybridized carbons (Fsp3) is 0.0847. The van der Waals surface area contributed by atoms with Gasteiger partial charge < -0.3 is 13.3 Å². The monoisotopic (exact) mass is 798 g/mol. The topological polar surface area (TPSA) is 39.4 Å². The van der Waals surface area contributed by atoms with Gasteiger partial charge in [-0.2, -0.15) is 0 Å². The number of fused-ring (bicyclic) bond motifs is 12. The number of furan rings is 3. The minimum absolute atomic E-state index is 0.291. The highest BCUT2D eigenvalue weighted by atomic mass is 16.3. The molecule has 0 amide bonds. The van der Waals surface area contributed by atoms with E-state index in [0.717, 1.165) is 126 Å². The summed E-state index contributed by atoms with van der Waals surface area (Å²) in [7, 11) is 0. The minimum atomic E-state index is -0.291. The summed E-state index contributed by atoms with van der Waals surface area (Å²) in [6, 6.07) is 56.2. The summed E-state index contributed by atoms with van der Waals surface area (Å²) in [6.07, 6.45) is 4.42. The van der Waals surface area contributed by atoms with E-state index < -0.39 is 0 Å². The second-order valence-corrected chi connectivity index (χ2v) is 17.5. The molecule has 0 saturated heterocycles. The SMILES string of the molecule is C=Cc1c(-c2cccc3c2oc2ccccc23)cc(-c2cccc3c2oc2ccccc23)c2ccc3c(-c4cccc5c4oc4ccccc45)cc(C(C)(C)C=C(C)C)cc3c12. The zero-order valence-corrected chi connectivity index (χ0v) is 35.1. The molecule has 0 aliphatic carbocycles. The van der Waals surface area contributed by atoms with E-state index >= 15 is 0 Å². The van der Waals surface area contributed by atoms with Gasteiger partial charge in [-0.25, -0.2) is 0 Å².